The van der Waals surface area contributed by atoms with E-state index < -0.39 is 0 Å². The molecule has 31 heavy (non-hydrogen) atoms. The summed E-state index contributed by atoms with van der Waals surface area (Å²) in [5.41, 5.74) is 3.90. The predicted molar refractivity (Wildman–Crippen MR) is 113 cm³/mol. The summed E-state index contributed by atoms with van der Waals surface area (Å²) in [4.78, 5) is 41.7. The molecule has 5 rings (SSSR count). The topological polar surface area (TPSA) is 109 Å². The summed E-state index contributed by atoms with van der Waals surface area (Å²) in [6, 6.07) is 9.13. The second-order valence-electron chi connectivity index (χ2n) is 8.43. The van der Waals surface area contributed by atoms with Crippen LogP contribution in [0, 0.1) is 11.8 Å². The van der Waals surface area contributed by atoms with Crippen LogP contribution in [0.5, 0.6) is 0 Å². The van der Waals surface area contributed by atoms with E-state index in [4.69, 9.17) is 4.74 Å². The molecule has 1 saturated heterocycles. The molecular weight excluding hydrogens is 396 g/mol. The molecule has 1 saturated carbocycles. The van der Waals surface area contributed by atoms with Crippen molar-refractivity contribution in [1.82, 2.24) is 15.6 Å². The number of carbonyl (C=O) groups excluding carboxylic acids is 3. The smallest absolute Gasteiger partial charge is 0.269 e. The summed E-state index contributed by atoms with van der Waals surface area (Å²) in [7, 11) is 1.53. The average Bonchev–Trinajstić information content (AvgIpc) is 3.12. The van der Waals surface area contributed by atoms with Crippen molar-refractivity contribution >= 4 is 23.4 Å². The minimum atomic E-state index is -0.352. The number of hydrogen-bond acceptors (Lipinski definition) is 5. The van der Waals surface area contributed by atoms with Crippen molar-refractivity contribution in [3.63, 3.8) is 0 Å². The van der Waals surface area contributed by atoms with Gasteiger partial charge in [0.25, 0.3) is 11.8 Å². The van der Waals surface area contributed by atoms with Gasteiger partial charge in [0.15, 0.2) is 0 Å². The average molecular weight is 420 g/mol. The first kappa shape index (κ1) is 19.7. The molecule has 1 aliphatic carbocycles. The lowest BCUT2D eigenvalue weighted by molar-refractivity contribution is -0.115. The number of ether oxygens (including phenoxy) is 1. The fourth-order valence-corrected chi connectivity index (χ4v) is 4.68. The van der Waals surface area contributed by atoms with Crippen molar-refractivity contribution in [3.8, 4) is 0 Å². The molecule has 2 fully saturated rings. The second-order valence-corrected chi connectivity index (χ2v) is 8.43. The maximum absolute atomic E-state index is 13.0. The molecular formula is C23H24N4O4. The molecule has 2 aliphatic heterocycles. The van der Waals surface area contributed by atoms with Gasteiger partial charge in [0.1, 0.15) is 5.69 Å². The molecule has 0 bridgehead atoms. The van der Waals surface area contributed by atoms with Gasteiger partial charge in [0, 0.05) is 47.8 Å². The van der Waals surface area contributed by atoms with E-state index in [2.05, 4.69) is 20.9 Å². The van der Waals surface area contributed by atoms with E-state index in [-0.39, 0.29) is 35.4 Å². The third-order valence-electron chi connectivity index (χ3n) is 6.55. The third kappa shape index (κ3) is 3.46. The van der Waals surface area contributed by atoms with Crippen LogP contribution in [0.15, 0.2) is 30.3 Å². The highest BCUT2D eigenvalue weighted by molar-refractivity contribution is 6.00. The Labute approximate surface area is 179 Å². The lowest BCUT2D eigenvalue weighted by atomic mass is 9.90. The first-order chi connectivity index (χ1) is 15.0. The highest BCUT2D eigenvalue weighted by Crippen LogP contribution is 2.44. The fraction of sp³-hybridized carbons (Fsp3) is 0.391. The molecule has 8 nitrogen and oxygen atoms in total. The number of carbonyl (C=O) groups is 3. The summed E-state index contributed by atoms with van der Waals surface area (Å²) in [6.45, 7) is 3.34. The van der Waals surface area contributed by atoms with Gasteiger partial charge in [-0.25, -0.2) is 4.98 Å². The van der Waals surface area contributed by atoms with E-state index in [1.54, 1.807) is 6.07 Å². The van der Waals surface area contributed by atoms with Crippen LogP contribution in [0.2, 0.25) is 0 Å². The number of fused-ring (bicyclic) bond motifs is 2. The van der Waals surface area contributed by atoms with Crippen LogP contribution >= 0.6 is 0 Å². The van der Waals surface area contributed by atoms with Gasteiger partial charge in [-0.2, -0.15) is 0 Å². The van der Waals surface area contributed by atoms with Gasteiger partial charge in [0.2, 0.25) is 5.91 Å². The number of rotatable bonds is 5. The number of pyridine rings is 1. The Balaban J connectivity index is 1.47. The summed E-state index contributed by atoms with van der Waals surface area (Å²) in [5.74, 6) is -0.0298. The zero-order valence-corrected chi connectivity index (χ0v) is 17.4. The van der Waals surface area contributed by atoms with Crippen LogP contribution in [0.4, 0.5) is 5.69 Å². The number of amides is 3. The lowest BCUT2D eigenvalue weighted by Crippen LogP contribution is -2.30. The minimum Gasteiger partial charge on any atom is -0.381 e. The molecule has 3 aliphatic rings. The van der Waals surface area contributed by atoms with E-state index in [1.807, 2.05) is 25.1 Å². The Morgan fingerprint density at radius 2 is 1.97 bits per heavy atom. The number of nitrogens with one attached hydrogen (secondary N) is 3. The van der Waals surface area contributed by atoms with Crippen LogP contribution in [-0.2, 0) is 16.0 Å². The van der Waals surface area contributed by atoms with E-state index >= 15 is 0 Å². The van der Waals surface area contributed by atoms with Crippen molar-refractivity contribution in [2.75, 3.05) is 25.6 Å². The normalized spacial score (nSPS) is 24.1. The summed E-state index contributed by atoms with van der Waals surface area (Å²) >= 11 is 0. The Morgan fingerprint density at radius 1 is 1.19 bits per heavy atom. The van der Waals surface area contributed by atoms with Crippen LogP contribution in [0.1, 0.15) is 50.5 Å². The number of anilines is 1. The maximum Gasteiger partial charge on any atom is 0.269 e. The third-order valence-corrected chi connectivity index (χ3v) is 6.55. The molecule has 0 spiro atoms. The minimum absolute atomic E-state index is 0.0410. The van der Waals surface area contributed by atoms with Crippen molar-refractivity contribution in [2.24, 2.45) is 11.8 Å². The molecule has 3 N–H and O–H groups in total. The zero-order valence-electron chi connectivity index (χ0n) is 17.4. The number of hydrogen-bond donors (Lipinski definition) is 3. The van der Waals surface area contributed by atoms with Crippen LogP contribution in [-0.4, -0.2) is 49.0 Å². The molecule has 1 aromatic carbocycles. The van der Waals surface area contributed by atoms with Crippen molar-refractivity contribution in [3.05, 3.63) is 58.4 Å². The number of benzene rings is 1. The number of nitrogens with zero attached hydrogens (tertiary/aromatic N) is 1. The van der Waals surface area contributed by atoms with E-state index in [0.717, 1.165) is 16.8 Å². The quantitative estimate of drug-likeness (QED) is 0.679. The highest BCUT2D eigenvalue weighted by Gasteiger charge is 2.54. The SMILES string of the molecule is CNC(=O)c1cc(C(=O)N[C@H]2[C@@H]3COC[C@@H]32)cc([C@@H](C)c2cccc3c2CC(=O)N3)n1. The number of aromatic nitrogens is 1. The van der Waals surface area contributed by atoms with Gasteiger partial charge in [-0.3, -0.25) is 14.4 Å². The van der Waals surface area contributed by atoms with Gasteiger partial charge >= 0.3 is 0 Å². The molecule has 2 aromatic rings. The molecule has 4 atom stereocenters. The lowest BCUT2D eigenvalue weighted by Gasteiger charge is -2.17. The van der Waals surface area contributed by atoms with Crippen LogP contribution < -0.4 is 16.0 Å². The largest absolute Gasteiger partial charge is 0.381 e. The molecule has 3 amide bonds. The van der Waals surface area contributed by atoms with Gasteiger partial charge in [-0.1, -0.05) is 19.1 Å². The molecule has 0 unspecified atom stereocenters. The van der Waals surface area contributed by atoms with Gasteiger partial charge < -0.3 is 20.7 Å². The summed E-state index contributed by atoms with van der Waals surface area (Å²) in [6.07, 6.45) is 0.310. The first-order valence-corrected chi connectivity index (χ1v) is 10.5. The first-order valence-electron chi connectivity index (χ1n) is 10.5. The maximum atomic E-state index is 13.0. The highest BCUT2D eigenvalue weighted by atomic mass is 16.5. The van der Waals surface area contributed by atoms with Gasteiger partial charge in [-0.15, -0.1) is 0 Å². The Bertz CT molecular complexity index is 1090. The Hall–Kier alpha value is -3.26. The molecule has 0 radical (unpaired) electrons. The molecule has 1 aromatic heterocycles. The summed E-state index contributed by atoms with van der Waals surface area (Å²) < 4.78 is 5.39. The van der Waals surface area contributed by atoms with Crippen LogP contribution in [0.3, 0.4) is 0 Å². The zero-order chi connectivity index (χ0) is 21.7. The fourth-order valence-electron chi connectivity index (χ4n) is 4.68. The molecule has 8 heteroatoms. The van der Waals surface area contributed by atoms with Crippen molar-refractivity contribution in [1.29, 1.82) is 0 Å². The van der Waals surface area contributed by atoms with Crippen LogP contribution in [0.25, 0.3) is 0 Å². The van der Waals surface area contributed by atoms with E-state index in [9.17, 15) is 14.4 Å². The van der Waals surface area contributed by atoms with Crippen molar-refractivity contribution in [2.45, 2.75) is 25.3 Å². The van der Waals surface area contributed by atoms with E-state index in [0.29, 0.717) is 42.7 Å². The van der Waals surface area contributed by atoms with Crippen molar-refractivity contribution < 1.29 is 19.1 Å². The summed E-state index contributed by atoms with van der Waals surface area (Å²) in [5, 5.41) is 8.52. The Morgan fingerprint density at radius 3 is 2.71 bits per heavy atom. The van der Waals surface area contributed by atoms with E-state index in [1.165, 1.54) is 13.1 Å². The second kappa shape index (κ2) is 7.46. The Kier molecular flexibility index (Phi) is 4.74. The standard InChI is InChI=1S/C23H24N4O4/c1-11(13-4-3-5-17-14(13)8-20(28)26-17)18-6-12(7-19(25-18)23(30)24-2)22(29)27-21-15-9-31-10-16(15)21/h3-7,11,15-16,21H,8-10H2,1-2H3,(H,24,30)(H,26,28)(H,27,29)/t11-,15-,16+,21+/m0/s1. The predicted octanol–water partition coefficient (Wildman–Crippen LogP) is 1.46. The van der Waals surface area contributed by atoms with Gasteiger partial charge in [-0.05, 0) is 29.3 Å². The molecule has 3 heterocycles. The van der Waals surface area contributed by atoms with Gasteiger partial charge in [0.05, 0.1) is 19.6 Å². The monoisotopic (exact) mass is 420 g/mol. The molecule has 160 valence electrons.